The van der Waals surface area contributed by atoms with Crippen LogP contribution >= 0.6 is 11.6 Å². The Kier molecular flexibility index (Phi) is 2.40. The Bertz CT molecular complexity index is 406. The number of rotatable bonds is 0. The molecule has 0 saturated heterocycles. The van der Waals surface area contributed by atoms with E-state index in [0.717, 1.165) is 0 Å². The van der Waals surface area contributed by atoms with Crippen molar-refractivity contribution >= 4 is 11.6 Å². The van der Waals surface area contributed by atoms with Crippen LogP contribution in [0.1, 0.15) is 31.9 Å². The van der Waals surface area contributed by atoms with Gasteiger partial charge in [-0.25, -0.2) is 4.39 Å². The molecule has 0 amide bonds. The van der Waals surface area contributed by atoms with Gasteiger partial charge in [-0.1, -0.05) is 11.6 Å². The summed E-state index contributed by atoms with van der Waals surface area (Å²) in [6.45, 7) is 3.90. The predicted octanol–water partition coefficient (Wildman–Crippen LogP) is 3.04. The molecule has 82 valence electrons. The van der Waals surface area contributed by atoms with Crippen LogP contribution in [0.15, 0.2) is 12.1 Å². The van der Waals surface area contributed by atoms with Crippen molar-refractivity contribution < 1.29 is 9.13 Å². The zero-order valence-electron chi connectivity index (χ0n) is 8.68. The van der Waals surface area contributed by atoms with Crippen molar-refractivity contribution in [3.8, 4) is 5.75 Å². The molecular weight excluding hydrogens is 217 g/mol. The average Bonchev–Trinajstić information content (AvgIpc) is 2.07. The molecule has 1 unspecified atom stereocenters. The molecule has 1 aromatic rings. The molecular formula is C11H13ClFNO. The lowest BCUT2D eigenvalue weighted by molar-refractivity contribution is 0.0726. The van der Waals surface area contributed by atoms with Crippen molar-refractivity contribution in [3.63, 3.8) is 0 Å². The van der Waals surface area contributed by atoms with E-state index in [1.807, 2.05) is 13.8 Å². The predicted molar refractivity (Wildman–Crippen MR) is 57.7 cm³/mol. The maximum absolute atomic E-state index is 13.2. The van der Waals surface area contributed by atoms with E-state index in [9.17, 15) is 4.39 Å². The smallest absolute Gasteiger partial charge is 0.142 e. The van der Waals surface area contributed by atoms with Gasteiger partial charge in [-0.15, -0.1) is 0 Å². The largest absolute Gasteiger partial charge is 0.487 e. The molecule has 0 radical (unpaired) electrons. The van der Waals surface area contributed by atoms with E-state index in [1.54, 1.807) is 0 Å². The van der Waals surface area contributed by atoms with Crippen molar-refractivity contribution in [1.29, 1.82) is 0 Å². The Morgan fingerprint density at radius 3 is 2.87 bits per heavy atom. The first kappa shape index (κ1) is 10.7. The molecule has 1 aliphatic rings. The highest BCUT2D eigenvalue weighted by Gasteiger charge is 2.32. The summed E-state index contributed by atoms with van der Waals surface area (Å²) in [6.07, 6.45) is 0.668. The molecule has 1 atom stereocenters. The van der Waals surface area contributed by atoms with Crippen LogP contribution in [0.4, 0.5) is 4.39 Å². The fraction of sp³-hybridized carbons (Fsp3) is 0.455. The second-order valence-electron chi connectivity index (χ2n) is 4.48. The zero-order chi connectivity index (χ0) is 11.2. The van der Waals surface area contributed by atoms with E-state index in [1.165, 1.54) is 12.1 Å². The average molecular weight is 230 g/mol. The molecule has 0 aromatic heterocycles. The molecule has 1 aliphatic heterocycles. The molecule has 0 saturated carbocycles. The van der Waals surface area contributed by atoms with Crippen molar-refractivity contribution in [2.75, 3.05) is 0 Å². The van der Waals surface area contributed by atoms with Crippen LogP contribution in [0.2, 0.25) is 5.02 Å². The third-order valence-electron chi connectivity index (χ3n) is 2.55. The van der Waals surface area contributed by atoms with Gasteiger partial charge in [0.15, 0.2) is 0 Å². The minimum atomic E-state index is -0.450. The third kappa shape index (κ3) is 1.94. The molecule has 2 nitrogen and oxygen atoms in total. The monoisotopic (exact) mass is 229 g/mol. The summed E-state index contributed by atoms with van der Waals surface area (Å²) in [5, 5.41) is 0.0682. The number of hydrogen-bond donors (Lipinski definition) is 1. The first-order valence-electron chi connectivity index (χ1n) is 4.82. The molecule has 0 spiro atoms. The molecule has 2 rings (SSSR count). The maximum atomic E-state index is 13.2. The summed E-state index contributed by atoms with van der Waals surface area (Å²) in [4.78, 5) is 0. The summed E-state index contributed by atoms with van der Waals surface area (Å²) in [7, 11) is 0. The minimum Gasteiger partial charge on any atom is -0.487 e. The summed E-state index contributed by atoms with van der Waals surface area (Å²) in [5.41, 5.74) is 6.32. The van der Waals surface area contributed by atoms with Crippen LogP contribution in [0.3, 0.4) is 0 Å². The van der Waals surface area contributed by atoms with Crippen LogP contribution in [0.5, 0.6) is 5.75 Å². The molecule has 1 aromatic carbocycles. The van der Waals surface area contributed by atoms with E-state index in [2.05, 4.69) is 0 Å². The number of fused-ring (bicyclic) bond motifs is 1. The van der Waals surface area contributed by atoms with Crippen molar-refractivity contribution in [3.05, 3.63) is 28.5 Å². The number of nitrogens with two attached hydrogens (primary N) is 1. The molecule has 0 fully saturated rings. The van der Waals surface area contributed by atoms with Crippen LogP contribution < -0.4 is 10.5 Å². The molecule has 0 bridgehead atoms. The normalized spacial score (nSPS) is 23.1. The Hall–Kier alpha value is -0.800. The Morgan fingerprint density at radius 2 is 2.20 bits per heavy atom. The highest BCUT2D eigenvalue weighted by Crippen LogP contribution is 2.40. The lowest BCUT2D eigenvalue weighted by Crippen LogP contribution is -2.37. The van der Waals surface area contributed by atoms with Crippen molar-refractivity contribution in [2.24, 2.45) is 5.73 Å². The fourth-order valence-corrected chi connectivity index (χ4v) is 2.05. The molecule has 4 heteroatoms. The maximum Gasteiger partial charge on any atom is 0.142 e. The van der Waals surface area contributed by atoms with E-state index in [0.29, 0.717) is 17.7 Å². The van der Waals surface area contributed by atoms with Crippen LogP contribution in [0, 0.1) is 5.82 Å². The molecule has 2 N–H and O–H groups in total. The van der Waals surface area contributed by atoms with E-state index in [4.69, 9.17) is 22.1 Å². The summed E-state index contributed by atoms with van der Waals surface area (Å²) < 4.78 is 18.9. The van der Waals surface area contributed by atoms with E-state index in [-0.39, 0.29) is 16.7 Å². The second-order valence-corrected chi connectivity index (χ2v) is 4.88. The van der Waals surface area contributed by atoms with Gasteiger partial charge in [0.05, 0.1) is 5.02 Å². The van der Waals surface area contributed by atoms with Crippen LogP contribution in [-0.2, 0) is 0 Å². The van der Waals surface area contributed by atoms with Gasteiger partial charge in [0.1, 0.15) is 17.2 Å². The minimum absolute atomic E-state index is 0.0682. The van der Waals surface area contributed by atoms with Gasteiger partial charge in [-0.2, -0.15) is 0 Å². The van der Waals surface area contributed by atoms with Crippen molar-refractivity contribution in [2.45, 2.75) is 31.9 Å². The van der Waals surface area contributed by atoms with Crippen molar-refractivity contribution in [1.82, 2.24) is 0 Å². The molecule has 1 heterocycles. The van der Waals surface area contributed by atoms with Gasteiger partial charge in [0.2, 0.25) is 0 Å². The van der Waals surface area contributed by atoms with Crippen LogP contribution in [-0.4, -0.2) is 5.60 Å². The van der Waals surface area contributed by atoms with E-state index < -0.39 is 5.82 Å². The molecule has 0 aliphatic carbocycles. The highest BCUT2D eigenvalue weighted by atomic mass is 35.5. The standard InChI is InChI=1S/C11H13ClFNO/c1-11(2)5-9(14)6-3-8(13)7(12)4-10(6)15-11/h3-4,9H,5,14H2,1-2H3. The summed E-state index contributed by atoms with van der Waals surface area (Å²) in [6, 6.07) is 2.65. The fourth-order valence-electron chi connectivity index (χ4n) is 1.90. The Balaban J connectivity index is 2.51. The Labute approximate surface area is 93.2 Å². The van der Waals surface area contributed by atoms with Gasteiger partial charge >= 0.3 is 0 Å². The van der Waals surface area contributed by atoms with Crippen LogP contribution in [0.25, 0.3) is 0 Å². The first-order chi connectivity index (χ1) is 6.89. The SMILES string of the molecule is CC1(C)CC(N)c2cc(F)c(Cl)cc2O1. The number of halogens is 2. The lowest BCUT2D eigenvalue weighted by atomic mass is 9.90. The second kappa shape index (κ2) is 3.35. The van der Waals surface area contributed by atoms with Gasteiger partial charge in [0.25, 0.3) is 0 Å². The van der Waals surface area contributed by atoms with Gasteiger partial charge in [-0.05, 0) is 19.9 Å². The summed E-state index contributed by atoms with van der Waals surface area (Å²) >= 11 is 5.69. The van der Waals surface area contributed by atoms with Gasteiger partial charge in [-0.3, -0.25) is 0 Å². The third-order valence-corrected chi connectivity index (χ3v) is 2.84. The van der Waals surface area contributed by atoms with E-state index >= 15 is 0 Å². The topological polar surface area (TPSA) is 35.2 Å². The summed E-state index contributed by atoms with van der Waals surface area (Å²) in [5.74, 6) is 0.138. The van der Waals surface area contributed by atoms with Gasteiger partial charge < -0.3 is 10.5 Å². The zero-order valence-corrected chi connectivity index (χ0v) is 9.44. The first-order valence-corrected chi connectivity index (χ1v) is 5.20. The number of hydrogen-bond acceptors (Lipinski definition) is 2. The quantitative estimate of drug-likeness (QED) is 0.742. The Morgan fingerprint density at radius 1 is 1.53 bits per heavy atom. The molecule has 15 heavy (non-hydrogen) atoms. The van der Waals surface area contributed by atoms with Gasteiger partial charge in [0, 0.05) is 24.1 Å². The lowest BCUT2D eigenvalue weighted by Gasteiger charge is -2.36. The highest BCUT2D eigenvalue weighted by molar-refractivity contribution is 6.30. The number of benzene rings is 1. The number of ether oxygens (including phenoxy) is 1.